The monoisotopic (exact) mass is 300 g/mol. The third-order valence-electron chi connectivity index (χ3n) is 2.95. The number of carboxylic acid groups (broad SMARTS) is 1. The van der Waals surface area contributed by atoms with Gasteiger partial charge in [0, 0.05) is 18.3 Å². The highest BCUT2D eigenvalue weighted by atomic mass is 19.4. The number of alkyl halides is 3. The predicted octanol–water partition coefficient (Wildman–Crippen LogP) is 3.27. The first-order valence-electron chi connectivity index (χ1n) is 6.26. The second-order valence-electron chi connectivity index (χ2n) is 4.77. The van der Waals surface area contributed by atoms with Crippen molar-refractivity contribution in [2.45, 2.75) is 32.5 Å². The van der Waals surface area contributed by atoms with Gasteiger partial charge >= 0.3 is 12.1 Å². The lowest BCUT2D eigenvalue weighted by Gasteiger charge is -2.29. The molecular formula is C14H15F3N2O2. The van der Waals surface area contributed by atoms with Crippen molar-refractivity contribution < 1.29 is 23.1 Å². The minimum Gasteiger partial charge on any atom is -0.481 e. The van der Waals surface area contributed by atoms with E-state index in [1.54, 1.807) is 18.7 Å². The van der Waals surface area contributed by atoms with Crippen LogP contribution in [0.3, 0.4) is 0 Å². The molecule has 0 aliphatic rings. The molecule has 114 valence electrons. The van der Waals surface area contributed by atoms with Crippen molar-refractivity contribution in [2.24, 2.45) is 0 Å². The van der Waals surface area contributed by atoms with Crippen molar-refractivity contribution in [1.82, 2.24) is 0 Å². The summed E-state index contributed by atoms with van der Waals surface area (Å²) in [5.74, 6) is -1.02. The van der Waals surface area contributed by atoms with Crippen LogP contribution in [0.5, 0.6) is 0 Å². The van der Waals surface area contributed by atoms with Crippen LogP contribution in [0.15, 0.2) is 18.2 Å². The van der Waals surface area contributed by atoms with Crippen LogP contribution in [0.25, 0.3) is 0 Å². The number of carbonyl (C=O) groups is 1. The Morgan fingerprint density at radius 1 is 1.43 bits per heavy atom. The van der Waals surface area contributed by atoms with Crippen LogP contribution in [-0.2, 0) is 11.0 Å². The summed E-state index contributed by atoms with van der Waals surface area (Å²) in [6, 6.07) is 4.74. The fraction of sp³-hybridized carbons (Fsp3) is 0.429. The van der Waals surface area contributed by atoms with E-state index in [1.165, 1.54) is 12.1 Å². The molecule has 0 unspecified atom stereocenters. The largest absolute Gasteiger partial charge is 0.481 e. The van der Waals surface area contributed by atoms with Crippen molar-refractivity contribution in [3.8, 4) is 6.07 Å². The van der Waals surface area contributed by atoms with E-state index in [9.17, 15) is 18.0 Å². The number of aliphatic carboxylic acids is 1. The number of hydrogen-bond donors (Lipinski definition) is 1. The minimum atomic E-state index is -4.63. The summed E-state index contributed by atoms with van der Waals surface area (Å²) in [4.78, 5) is 12.2. The number of anilines is 1. The molecule has 0 atom stereocenters. The summed E-state index contributed by atoms with van der Waals surface area (Å²) >= 11 is 0. The maximum Gasteiger partial charge on any atom is 0.417 e. The zero-order valence-electron chi connectivity index (χ0n) is 11.6. The first-order valence-corrected chi connectivity index (χ1v) is 6.26. The lowest BCUT2D eigenvalue weighted by molar-refractivity contribution is -0.138. The number of hydrogen-bond acceptors (Lipinski definition) is 3. The minimum absolute atomic E-state index is 0.0934. The van der Waals surface area contributed by atoms with Gasteiger partial charge in [-0.15, -0.1) is 0 Å². The van der Waals surface area contributed by atoms with Gasteiger partial charge in [0.1, 0.15) is 0 Å². The molecule has 1 aromatic rings. The van der Waals surface area contributed by atoms with Crippen LogP contribution in [0.4, 0.5) is 18.9 Å². The molecule has 0 aromatic heterocycles. The molecule has 0 amide bonds. The maximum absolute atomic E-state index is 12.9. The quantitative estimate of drug-likeness (QED) is 0.906. The molecule has 0 spiro atoms. The Morgan fingerprint density at radius 2 is 2.05 bits per heavy atom. The summed E-state index contributed by atoms with van der Waals surface area (Å²) in [7, 11) is 0. The molecule has 21 heavy (non-hydrogen) atoms. The van der Waals surface area contributed by atoms with E-state index in [1.807, 2.05) is 0 Å². The van der Waals surface area contributed by atoms with Gasteiger partial charge in [-0.3, -0.25) is 4.79 Å². The molecular weight excluding hydrogens is 285 g/mol. The lowest BCUT2D eigenvalue weighted by atomic mass is 10.1. The Morgan fingerprint density at radius 3 is 2.48 bits per heavy atom. The lowest BCUT2D eigenvalue weighted by Crippen LogP contribution is -2.33. The number of nitrogens with zero attached hydrogens (tertiary/aromatic N) is 2. The van der Waals surface area contributed by atoms with Gasteiger partial charge in [-0.1, -0.05) is 0 Å². The van der Waals surface area contributed by atoms with Crippen molar-refractivity contribution in [2.75, 3.05) is 11.4 Å². The Labute approximate surface area is 120 Å². The topological polar surface area (TPSA) is 64.3 Å². The third kappa shape index (κ3) is 4.38. The second-order valence-corrected chi connectivity index (χ2v) is 4.77. The van der Waals surface area contributed by atoms with E-state index in [-0.39, 0.29) is 24.7 Å². The number of benzene rings is 1. The van der Waals surface area contributed by atoms with Crippen molar-refractivity contribution >= 4 is 11.7 Å². The average Bonchev–Trinajstić information content (AvgIpc) is 2.37. The van der Waals surface area contributed by atoms with E-state index >= 15 is 0 Å². The number of carboxylic acids is 1. The molecule has 1 aromatic carbocycles. The normalized spacial score (nSPS) is 11.3. The maximum atomic E-state index is 12.9. The summed E-state index contributed by atoms with van der Waals surface area (Å²) in [6.45, 7) is 3.61. The van der Waals surface area contributed by atoms with Crippen LogP contribution >= 0.6 is 0 Å². The number of nitriles is 1. The highest BCUT2D eigenvalue weighted by Gasteiger charge is 2.34. The highest BCUT2D eigenvalue weighted by molar-refractivity contribution is 5.68. The summed E-state index contributed by atoms with van der Waals surface area (Å²) in [5.41, 5.74) is -1.21. The van der Waals surface area contributed by atoms with Crippen LogP contribution in [0, 0.1) is 11.3 Å². The van der Waals surface area contributed by atoms with Gasteiger partial charge in [0.25, 0.3) is 0 Å². The first-order chi connectivity index (χ1) is 9.66. The Balaban J connectivity index is 3.22. The van der Waals surface area contributed by atoms with Gasteiger partial charge in [-0.05, 0) is 32.0 Å². The zero-order chi connectivity index (χ0) is 16.2. The van der Waals surface area contributed by atoms with Gasteiger partial charge in [0.05, 0.1) is 23.6 Å². The summed E-state index contributed by atoms with van der Waals surface area (Å²) in [6.07, 6.45) is -4.81. The second kappa shape index (κ2) is 6.48. The molecule has 0 saturated carbocycles. The van der Waals surface area contributed by atoms with E-state index in [0.29, 0.717) is 0 Å². The van der Waals surface area contributed by atoms with Crippen LogP contribution < -0.4 is 4.90 Å². The van der Waals surface area contributed by atoms with Gasteiger partial charge in [-0.2, -0.15) is 18.4 Å². The first kappa shape index (κ1) is 16.8. The van der Waals surface area contributed by atoms with Crippen LogP contribution in [-0.4, -0.2) is 23.7 Å². The zero-order valence-corrected chi connectivity index (χ0v) is 11.6. The van der Waals surface area contributed by atoms with Crippen molar-refractivity contribution in [3.63, 3.8) is 0 Å². The predicted molar refractivity (Wildman–Crippen MR) is 70.9 cm³/mol. The molecule has 0 aliphatic heterocycles. The number of rotatable bonds is 5. The highest BCUT2D eigenvalue weighted by Crippen LogP contribution is 2.34. The summed E-state index contributed by atoms with van der Waals surface area (Å²) < 4.78 is 38.8. The molecule has 7 heteroatoms. The van der Waals surface area contributed by atoms with Crippen molar-refractivity contribution in [1.29, 1.82) is 5.26 Å². The fourth-order valence-corrected chi connectivity index (χ4v) is 1.94. The van der Waals surface area contributed by atoms with E-state index in [2.05, 4.69) is 0 Å². The Kier molecular flexibility index (Phi) is 5.19. The fourth-order valence-electron chi connectivity index (χ4n) is 1.94. The van der Waals surface area contributed by atoms with Gasteiger partial charge in [0.2, 0.25) is 0 Å². The van der Waals surface area contributed by atoms with Gasteiger partial charge < -0.3 is 10.0 Å². The molecule has 1 rings (SSSR count). The van der Waals surface area contributed by atoms with Gasteiger partial charge in [-0.25, -0.2) is 0 Å². The Hall–Kier alpha value is -2.23. The van der Waals surface area contributed by atoms with E-state index in [0.717, 1.165) is 12.1 Å². The molecule has 0 bridgehead atoms. The van der Waals surface area contributed by atoms with E-state index < -0.39 is 23.3 Å². The number of halogens is 3. The van der Waals surface area contributed by atoms with Crippen LogP contribution in [0.1, 0.15) is 31.4 Å². The SMILES string of the molecule is CC(C)N(CCC(=O)O)c1ccc(C#N)c(C(F)(F)F)c1. The molecule has 0 fully saturated rings. The molecule has 0 aliphatic carbocycles. The third-order valence-corrected chi connectivity index (χ3v) is 2.95. The molecule has 0 radical (unpaired) electrons. The standard InChI is InChI=1S/C14H15F3N2O2/c1-9(2)19(6-5-13(20)21)11-4-3-10(8-18)12(7-11)14(15,16)17/h3-4,7,9H,5-6H2,1-2H3,(H,20,21). The summed E-state index contributed by atoms with van der Waals surface area (Å²) in [5, 5.41) is 17.5. The molecule has 1 N–H and O–H groups in total. The van der Waals surface area contributed by atoms with Gasteiger partial charge in [0.15, 0.2) is 0 Å². The van der Waals surface area contributed by atoms with Crippen LogP contribution in [0.2, 0.25) is 0 Å². The smallest absolute Gasteiger partial charge is 0.417 e. The van der Waals surface area contributed by atoms with E-state index in [4.69, 9.17) is 10.4 Å². The Bertz CT molecular complexity index is 562. The molecule has 0 saturated heterocycles. The molecule has 4 nitrogen and oxygen atoms in total. The average molecular weight is 300 g/mol. The molecule has 0 heterocycles. The van der Waals surface area contributed by atoms with Crippen molar-refractivity contribution in [3.05, 3.63) is 29.3 Å².